The van der Waals surface area contributed by atoms with Crippen molar-refractivity contribution in [2.24, 2.45) is 7.05 Å². The Morgan fingerprint density at radius 3 is 2.48 bits per heavy atom. The Balaban J connectivity index is 1.54. The van der Waals surface area contributed by atoms with Crippen LogP contribution in [0.4, 0.5) is 0 Å². The molecule has 1 fully saturated rings. The SMILES string of the molecule is Cc1cc(OC2CN(S(=O)(=O)CCc3ccccc3)C2)cc(=O)n1C. The second kappa shape index (κ2) is 7.01. The number of nitrogens with zero attached hydrogens (tertiary/aromatic N) is 2. The smallest absolute Gasteiger partial charge is 0.254 e. The summed E-state index contributed by atoms with van der Waals surface area (Å²) >= 11 is 0. The van der Waals surface area contributed by atoms with Crippen molar-refractivity contribution in [3.8, 4) is 5.75 Å². The molecule has 0 spiro atoms. The van der Waals surface area contributed by atoms with E-state index < -0.39 is 10.0 Å². The zero-order valence-corrected chi connectivity index (χ0v) is 15.2. The van der Waals surface area contributed by atoms with E-state index in [-0.39, 0.29) is 17.4 Å². The van der Waals surface area contributed by atoms with Crippen molar-refractivity contribution < 1.29 is 13.2 Å². The van der Waals surface area contributed by atoms with Gasteiger partial charge in [0.2, 0.25) is 10.0 Å². The first-order chi connectivity index (χ1) is 11.8. The Morgan fingerprint density at radius 1 is 1.16 bits per heavy atom. The summed E-state index contributed by atoms with van der Waals surface area (Å²) in [5, 5.41) is 0. The first kappa shape index (κ1) is 17.7. The largest absolute Gasteiger partial charge is 0.487 e. The number of pyridine rings is 1. The highest BCUT2D eigenvalue weighted by Gasteiger charge is 2.36. The summed E-state index contributed by atoms with van der Waals surface area (Å²) in [5.74, 6) is 0.585. The molecule has 0 unspecified atom stereocenters. The molecule has 1 aliphatic rings. The molecule has 134 valence electrons. The summed E-state index contributed by atoms with van der Waals surface area (Å²) in [4.78, 5) is 11.8. The van der Waals surface area contributed by atoms with Gasteiger partial charge in [-0.25, -0.2) is 8.42 Å². The molecule has 0 atom stereocenters. The van der Waals surface area contributed by atoms with E-state index in [1.165, 1.54) is 14.9 Å². The molecule has 2 aromatic rings. The quantitative estimate of drug-likeness (QED) is 0.777. The van der Waals surface area contributed by atoms with Gasteiger partial charge in [-0.05, 0) is 25.0 Å². The molecule has 0 bridgehead atoms. The third kappa shape index (κ3) is 4.11. The van der Waals surface area contributed by atoms with Gasteiger partial charge in [-0.3, -0.25) is 4.79 Å². The van der Waals surface area contributed by atoms with E-state index in [1.807, 2.05) is 37.3 Å². The van der Waals surface area contributed by atoms with Crippen LogP contribution in [0.3, 0.4) is 0 Å². The van der Waals surface area contributed by atoms with Crippen molar-refractivity contribution in [3.05, 3.63) is 64.1 Å². The Labute approximate surface area is 147 Å². The highest BCUT2D eigenvalue weighted by atomic mass is 32.2. The van der Waals surface area contributed by atoms with Crippen LogP contribution in [0.1, 0.15) is 11.3 Å². The molecule has 0 saturated carbocycles. The monoisotopic (exact) mass is 362 g/mol. The van der Waals surface area contributed by atoms with Gasteiger partial charge in [0.15, 0.2) is 0 Å². The van der Waals surface area contributed by atoms with Crippen molar-refractivity contribution in [3.63, 3.8) is 0 Å². The third-order valence-corrected chi connectivity index (χ3v) is 6.28. The van der Waals surface area contributed by atoms with Crippen molar-refractivity contribution in [1.29, 1.82) is 0 Å². The third-order valence-electron chi connectivity index (χ3n) is 4.48. The van der Waals surface area contributed by atoms with Crippen LogP contribution < -0.4 is 10.3 Å². The van der Waals surface area contributed by atoms with E-state index in [4.69, 9.17) is 4.74 Å². The number of benzene rings is 1. The maximum Gasteiger partial charge on any atom is 0.254 e. The Kier molecular flexibility index (Phi) is 4.96. The lowest BCUT2D eigenvalue weighted by molar-refractivity contribution is 0.0759. The molecular formula is C18H22N2O4S. The fourth-order valence-electron chi connectivity index (χ4n) is 2.72. The van der Waals surface area contributed by atoms with Crippen molar-refractivity contribution >= 4 is 10.0 Å². The zero-order valence-electron chi connectivity index (χ0n) is 14.4. The maximum absolute atomic E-state index is 12.4. The molecule has 0 N–H and O–H groups in total. The molecule has 25 heavy (non-hydrogen) atoms. The van der Waals surface area contributed by atoms with Crippen LogP contribution in [0, 0.1) is 6.92 Å². The number of rotatable bonds is 6. The predicted octanol–water partition coefficient (Wildman–Crippen LogP) is 1.33. The molecular weight excluding hydrogens is 340 g/mol. The maximum atomic E-state index is 12.4. The average molecular weight is 362 g/mol. The van der Waals surface area contributed by atoms with E-state index in [9.17, 15) is 13.2 Å². The van der Waals surface area contributed by atoms with Gasteiger partial charge in [-0.2, -0.15) is 4.31 Å². The van der Waals surface area contributed by atoms with Gasteiger partial charge >= 0.3 is 0 Å². The van der Waals surface area contributed by atoms with Gasteiger partial charge < -0.3 is 9.30 Å². The zero-order chi connectivity index (χ0) is 18.0. The second-order valence-electron chi connectivity index (χ2n) is 6.34. The van der Waals surface area contributed by atoms with Gasteiger partial charge in [0.25, 0.3) is 5.56 Å². The lowest BCUT2D eigenvalue weighted by Gasteiger charge is -2.37. The second-order valence-corrected chi connectivity index (χ2v) is 8.43. The highest BCUT2D eigenvalue weighted by molar-refractivity contribution is 7.89. The summed E-state index contributed by atoms with van der Waals surface area (Å²) in [6.45, 7) is 2.48. The number of aryl methyl sites for hydroxylation is 2. The topological polar surface area (TPSA) is 68.6 Å². The predicted molar refractivity (Wildman–Crippen MR) is 96.3 cm³/mol. The molecule has 6 nitrogen and oxygen atoms in total. The Hall–Kier alpha value is -2.12. The number of aromatic nitrogens is 1. The minimum absolute atomic E-state index is 0.0920. The molecule has 1 aromatic carbocycles. The van der Waals surface area contributed by atoms with Crippen LogP contribution >= 0.6 is 0 Å². The van der Waals surface area contributed by atoms with Crippen LogP contribution in [-0.2, 0) is 23.5 Å². The lowest BCUT2D eigenvalue weighted by atomic mass is 10.2. The van der Waals surface area contributed by atoms with Gasteiger partial charge in [0.05, 0.1) is 18.8 Å². The number of sulfonamides is 1. The number of hydrogen-bond acceptors (Lipinski definition) is 4. The molecule has 1 aromatic heterocycles. The van der Waals surface area contributed by atoms with Crippen LogP contribution in [0.5, 0.6) is 5.75 Å². The summed E-state index contributed by atoms with van der Waals surface area (Å²) < 4.78 is 33.4. The molecule has 1 aliphatic heterocycles. The van der Waals surface area contributed by atoms with E-state index in [1.54, 1.807) is 13.1 Å². The van der Waals surface area contributed by atoms with Crippen LogP contribution in [0.25, 0.3) is 0 Å². The van der Waals surface area contributed by atoms with E-state index in [0.29, 0.717) is 25.3 Å². The molecule has 0 aliphatic carbocycles. The Morgan fingerprint density at radius 2 is 1.84 bits per heavy atom. The average Bonchev–Trinajstić information content (AvgIpc) is 2.54. The van der Waals surface area contributed by atoms with Crippen LogP contribution in [0.15, 0.2) is 47.3 Å². The molecule has 0 amide bonds. The van der Waals surface area contributed by atoms with Gasteiger partial charge in [-0.15, -0.1) is 0 Å². The number of ether oxygens (including phenoxy) is 1. The van der Waals surface area contributed by atoms with Crippen LogP contribution in [0.2, 0.25) is 0 Å². The fraction of sp³-hybridized carbons (Fsp3) is 0.389. The van der Waals surface area contributed by atoms with Crippen molar-refractivity contribution in [2.45, 2.75) is 19.4 Å². The summed E-state index contributed by atoms with van der Waals surface area (Å²) in [7, 11) is -1.58. The van der Waals surface area contributed by atoms with E-state index in [2.05, 4.69) is 0 Å². The lowest BCUT2D eigenvalue weighted by Crippen LogP contribution is -2.56. The van der Waals surface area contributed by atoms with Crippen LogP contribution in [-0.4, -0.2) is 42.2 Å². The fourth-order valence-corrected chi connectivity index (χ4v) is 4.26. The standard InChI is InChI=1S/C18H22N2O4S/c1-14-10-16(11-18(21)19(14)2)24-17-12-20(13-17)25(22,23)9-8-15-6-4-3-5-7-15/h3-7,10-11,17H,8-9,12-13H2,1-2H3. The minimum atomic E-state index is -3.28. The molecule has 1 saturated heterocycles. The Bertz CT molecular complexity index is 900. The highest BCUT2D eigenvalue weighted by Crippen LogP contribution is 2.21. The molecule has 2 heterocycles. The van der Waals surface area contributed by atoms with Crippen molar-refractivity contribution in [2.75, 3.05) is 18.8 Å². The first-order valence-corrected chi connectivity index (χ1v) is 9.82. The molecule has 0 radical (unpaired) electrons. The summed E-state index contributed by atoms with van der Waals surface area (Å²) in [5.41, 5.74) is 1.67. The van der Waals surface area contributed by atoms with E-state index in [0.717, 1.165) is 11.3 Å². The van der Waals surface area contributed by atoms with Gasteiger partial charge in [0.1, 0.15) is 11.9 Å². The minimum Gasteiger partial charge on any atom is -0.487 e. The molecule has 7 heteroatoms. The number of hydrogen-bond donors (Lipinski definition) is 0. The van der Waals surface area contributed by atoms with Crippen molar-refractivity contribution in [1.82, 2.24) is 8.87 Å². The normalized spacial score (nSPS) is 15.8. The van der Waals surface area contributed by atoms with E-state index >= 15 is 0 Å². The van der Waals surface area contributed by atoms with Gasteiger partial charge in [-0.1, -0.05) is 30.3 Å². The summed E-state index contributed by atoms with van der Waals surface area (Å²) in [6, 6.07) is 12.8. The summed E-state index contributed by atoms with van der Waals surface area (Å²) in [6.07, 6.45) is 0.289. The van der Waals surface area contributed by atoms with Gasteiger partial charge in [0, 0.05) is 18.8 Å². The molecule has 3 rings (SSSR count). The first-order valence-electron chi connectivity index (χ1n) is 8.21.